The lowest BCUT2D eigenvalue weighted by Crippen LogP contribution is -2.41. The molecule has 4 heteroatoms. The minimum atomic E-state index is -0.641. The third-order valence-electron chi connectivity index (χ3n) is 3.55. The molecule has 4 nitrogen and oxygen atoms in total. The molecular weight excluding hydrogens is 228 g/mol. The molecule has 0 saturated carbocycles. The second-order valence-electron chi connectivity index (χ2n) is 4.55. The van der Waals surface area contributed by atoms with E-state index in [4.69, 9.17) is 11.5 Å². The number of hydrogen-bond acceptors (Lipinski definition) is 4. The van der Waals surface area contributed by atoms with Gasteiger partial charge in [-0.15, -0.1) is 0 Å². The Morgan fingerprint density at radius 3 is 2.22 bits per heavy atom. The number of fused-ring (bicyclic) bond motifs is 2. The molecule has 0 saturated heterocycles. The van der Waals surface area contributed by atoms with Crippen LogP contribution in [0.25, 0.3) is 0 Å². The summed E-state index contributed by atoms with van der Waals surface area (Å²) < 4.78 is 0. The molecular formula is C14H12N2O2. The fourth-order valence-electron chi connectivity index (χ4n) is 2.59. The fraction of sp³-hybridized carbons (Fsp3) is 0.143. The van der Waals surface area contributed by atoms with Crippen molar-refractivity contribution in [1.82, 2.24) is 0 Å². The summed E-state index contributed by atoms with van der Waals surface area (Å²) >= 11 is 0. The summed E-state index contributed by atoms with van der Waals surface area (Å²) in [5.41, 5.74) is 13.2. The van der Waals surface area contributed by atoms with Gasteiger partial charge in [0.25, 0.3) is 0 Å². The number of carbonyl (C=O) groups excluding carboxylic acids is 2. The normalized spacial score (nSPS) is 26.0. The van der Waals surface area contributed by atoms with E-state index in [1.807, 2.05) is 0 Å². The molecule has 1 aromatic carbocycles. The summed E-state index contributed by atoms with van der Waals surface area (Å²) in [6.07, 6.45) is 3.28. The van der Waals surface area contributed by atoms with Crippen molar-refractivity contribution in [3.8, 4) is 0 Å². The van der Waals surface area contributed by atoms with Gasteiger partial charge in [-0.05, 0) is 6.08 Å². The predicted molar refractivity (Wildman–Crippen MR) is 66.6 cm³/mol. The molecule has 0 spiro atoms. The molecule has 2 unspecified atom stereocenters. The first-order chi connectivity index (χ1) is 8.61. The molecule has 4 N–H and O–H groups in total. The molecule has 0 aromatic heterocycles. The van der Waals surface area contributed by atoms with Crippen molar-refractivity contribution >= 4 is 11.6 Å². The number of allylic oxidation sites excluding steroid dienone is 3. The molecule has 0 radical (unpaired) electrons. The first-order valence-electron chi connectivity index (χ1n) is 5.72. The molecule has 0 bridgehead atoms. The van der Waals surface area contributed by atoms with Crippen LogP contribution in [0, 0.1) is 11.8 Å². The van der Waals surface area contributed by atoms with Gasteiger partial charge < -0.3 is 11.5 Å². The summed E-state index contributed by atoms with van der Waals surface area (Å²) in [7, 11) is 0. The highest BCUT2D eigenvalue weighted by atomic mass is 16.1. The molecule has 2 aliphatic rings. The lowest BCUT2D eigenvalue weighted by Gasteiger charge is -2.31. The first kappa shape index (κ1) is 10.8. The number of hydrogen-bond donors (Lipinski definition) is 2. The summed E-state index contributed by atoms with van der Waals surface area (Å²) in [4.78, 5) is 24.7. The van der Waals surface area contributed by atoms with Crippen molar-refractivity contribution in [1.29, 1.82) is 0 Å². The van der Waals surface area contributed by atoms with E-state index in [9.17, 15) is 9.59 Å². The second-order valence-corrected chi connectivity index (χ2v) is 4.55. The largest absolute Gasteiger partial charge is 0.400 e. The van der Waals surface area contributed by atoms with Gasteiger partial charge in [0.1, 0.15) is 0 Å². The molecule has 2 atom stereocenters. The molecule has 18 heavy (non-hydrogen) atoms. The zero-order valence-corrected chi connectivity index (χ0v) is 9.59. The van der Waals surface area contributed by atoms with Crippen LogP contribution < -0.4 is 11.5 Å². The van der Waals surface area contributed by atoms with E-state index in [0.717, 1.165) is 0 Å². The monoisotopic (exact) mass is 240 g/mol. The number of benzene rings is 1. The Balaban J connectivity index is 2.22. The van der Waals surface area contributed by atoms with Gasteiger partial charge in [-0.2, -0.15) is 0 Å². The van der Waals surface area contributed by atoms with Gasteiger partial charge in [-0.25, -0.2) is 0 Å². The summed E-state index contributed by atoms with van der Waals surface area (Å²) in [6, 6.07) is 6.84. The summed E-state index contributed by atoms with van der Waals surface area (Å²) in [6.45, 7) is 0. The Bertz CT molecular complexity index is 628. The third-order valence-corrected chi connectivity index (χ3v) is 3.55. The SMILES string of the molecule is NC1=C(N)C2C(=O)c3ccccc3C(=O)C2C=C1. The zero-order valence-electron chi connectivity index (χ0n) is 9.59. The predicted octanol–water partition coefficient (Wildman–Crippen LogP) is 0.997. The lowest BCUT2D eigenvalue weighted by molar-refractivity contribution is 0.0792. The van der Waals surface area contributed by atoms with Crippen molar-refractivity contribution in [3.63, 3.8) is 0 Å². The van der Waals surface area contributed by atoms with Crippen LogP contribution in [0.4, 0.5) is 0 Å². The van der Waals surface area contributed by atoms with Crippen molar-refractivity contribution < 1.29 is 9.59 Å². The molecule has 0 aliphatic heterocycles. The number of Topliss-reactive ketones (excluding diaryl/α,β-unsaturated/α-hetero) is 2. The Morgan fingerprint density at radius 2 is 1.56 bits per heavy atom. The minimum Gasteiger partial charge on any atom is -0.400 e. The van der Waals surface area contributed by atoms with Gasteiger partial charge >= 0.3 is 0 Å². The fourth-order valence-corrected chi connectivity index (χ4v) is 2.59. The van der Waals surface area contributed by atoms with Crippen molar-refractivity contribution in [2.45, 2.75) is 0 Å². The highest BCUT2D eigenvalue weighted by molar-refractivity contribution is 6.17. The van der Waals surface area contributed by atoms with E-state index in [0.29, 0.717) is 22.5 Å². The van der Waals surface area contributed by atoms with Crippen molar-refractivity contribution in [3.05, 3.63) is 58.9 Å². The second kappa shape index (κ2) is 3.57. The topological polar surface area (TPSA) is 86.2 Å². The quantitative estimate of drug-likeness (QED) is 0.708. The average Bonchev–Trinajstić information content (AvgIpc) is 2.39. The zero-order chi connectivity index (χ0) is 12.9. The molecule has 90 valence electrons. The summed E-state index contributed by atoms with van der Waals surface area (Å²) in [5, 5.41) is 0. The van der Waals surface area contributed by atoms with Gasteiger partial charge in [-0.3, -0.25) is 9.59 Å². The van der Waals surface area contributed by atoms with Gasteiger partial charge in [-0.1, -0.05) is 30.3 Å². The third kappa shape index (κ3) is 1.26. The molecule has 0 heterocycles. The van der Waals surface area contributed by atoms with Crippen molar-refractivity contribution in [2.75, 3.05) is 0 Å². The van der Waals surface area contributed by atoms with Crippen LogP contribution in [0.1, 0.15) is 20.7 Å². The van der Waals surface area contributed by atoms with Gasteiger partial charge in [0.2, 0.25) is 0 Å². The maximum absolute atomic E-state index is 12.4. The van der Waals surface area contributed by atoms with E-state index in [1.54, 1.807) is 36.4 Å². The Hall–Kier alpha value is -2.36. The lowest BCUT2D eigenvalue weighted by atomic mass is 9.70. The number of rotatable bonds is 0. The molecule has 1 aromatic rings. The highest BCUT2D eigenvalue weighted by Gasteiger charge is 2.43. The maximum Gasteiger partial charge on any atom is 0.173 e. The number of carbonyl (C=O) groups is 2. The first-order valence-corrected chi connectivity index (χ1v) is 5.72. The van der Waals surface area contributed by atoms with E-state index in [-0.39, 0.29) is 11.6 Å². The van der Waals surface area contributed by atoms with Crippen LogP contribution in [0.15, 0.2) is 47.8 Å². The minimum absolute atomic E-state index is 0.0677. The molecule has 3 rings (SSSR count). The maximum atomic E-state index is 12.4. The van der Waals surface area contributed by atoms with Gasteiger partial charge in [0, 0.05) is 16.8 Å². The average molecular weight is 240 g/mol. The van der Waals surface area contributed by atoms with Crippen molar-refractivity contribution in [2.24, 2.45) is 23.3 Å². The van der Waals surface area contributed by atoms with Gasteiger partial charge in [0.05, 0.1) is 17.5 Å². The highest BCUT2D eigenvalue weighted by Crippen LogP contribution is 2.36. The Morgan fingerprint density at radius 1 is 0.944 bits per heavy atom. The van der Waals surface area contributed by atoms with Crippen LogP contribution in [-0.4, -0.2) is 11.6 Å². The van der Waals surface area contributed by atoms with E-state index in [1.165, 1.54) is 0 Å². The number of nitrogens with two attached hydrogens (primary N) is 2. The van der Waals surface area contributed by atoms with Crippen LogP contribution in [-0.2, 0) is 0 Å². The Labute approximate surface area is 104 Å². The summed E-state index contributed by atoms with van der Waals surface area (Å²) in [5.74, 6) is -1.35. The standard InChI is InChI=1S/C14H12N2O2/c15-10-6-5-9-11(12(10)16)14(18)8-4-2-1-3-7(8)13(9)17/h1-6,9,11H,15-16H2. The van der Waals surface area contributed by atoms with Gasteiger partial charge in [0.15, 0.2) is 11.6 Å². The van der Waals surface area contributed by atoms with E-state index < -0.39 is 11.8 Å². The van der Waals surface area contributed by atoms with E-state index >= 15 is 0 Å². The smallest absolute Gasteiger partial charge is 0.173 e. The molecule has 0 fully saturated rings. The molecule has 2 aliphatic carbocycles. The van der Waals surface area contributed by atoms with Crippen LogP contribution in [0.3, 0.4) is 0 Å². The van der Waals surface area contributed by atoms with Crippen LogP contribution >= 0.6 is 0 Å². The van der Waals surface area contributed by atoms with E-state index in [2.05, 4.69) is 0 Å². The molecule has 0 amide bonds. The number of ketones is 2. The van der Waals surface area contributed by atoms with Crippen LogP contribution in [0.5, 0.6) is 0 Å². The Kier molecular flexibility index (Phi) is 2.13. The van der Waals surface area contributed by atoms with Crippen LogP contribution in [0.2, 0.25) is 0 Å².